The highest BCUT2D eigenvalue weighted by molar-refractivity contribution is 7.09. The first-order chi connectivity index (χ1) is 8.49. The molecule has 2 nitrogen and oxygen atoms in total. The van der Waals surface area contributed by atoms with Crippen LogP contribution in [0, 0.1) is 24.7 Å². The summed E-state index contributed by atoms with van der Waals surface area (Å²) in [6, 6.07) is 0.157. The number of alkyl halides is 2. The number of nitrogens with one attached hydrogen (secondary N) is 1. The van der Waals surface area contributed by atoms with Crippen LogP contribution in [0.15, 0.2) is 5.38 Å². The largest absolute Gasteiger partial charge is 0.309 e. The molecular weight excluding hydrogens is 254 g/mol. The summed E-state index contributed by atoms with van der Waals surface area (Å²) in [6.07, 6.45) is 0.799. The molecule has 0 amide bonds. The molecule has 2 fully saturated rings. The number of aryl methyl sites for hydroxylation is 1. The fraction of sp³-hybridized carbons (Fsp3) is 0.769. The van der Waals surface area contributed by atoms with Gasteiger partial charge in [-0.15, -0.1) is 11.3 Å². The van der Waals surface area contributed by atoms with E-state index in [1.807, 2.05) is 19.2 Å². The Hall–Kier alpha value is -0.550. The smallest absolute Gasteiger partial charge is 0.251 e. The lowest BCUT2D eigenvalue weighted by Gasteiger charge is -2.15. The molecule has 1 aromatic rings. The molecule has 100 valence electrons. The van der Waals surface area contributed by atoms with E-state index in [-0.39, 0.29) is 30.2 Å². The summed E-state index contributed by atoms with van der Waals surface area (Å²) in [5.74, 6) is -2.32. The molecule has 0 saturated heterocycles. The topological polar surface area (TPSA) is 24.9 Å². The van der Waals surface area contributed by atoms with Gasteiger partial charge in [0.15, 0.2) is 0 Å². The van der Waals surface area contributed by atoms with Crippen molar-refractivity contribution in [2.24, 2.45) is 17.8 Å². The zero-order valence-electron chi connectivity index (χ0n) is 10.6. The van der Waals surface area contributed by atoms with Crippen molar-refractivity contribution in [1.82, 2.24) is 10.3 Å². The van der Waals surface area contributed by atoms with Gasteiger partial charge in [0.2, 0.25) is 0 Å². The van der Waals surface area contributed by atoms with Gasteiger partial charge in [0.05, 0.1) is 10.7 Å². The summed E-state index contributed by atoms with van der Waals surface area (Å²) < 4.78 is 26.9. The van der Waals surface area contributed by atoms with Gasteiger partial charge in [0.1, 0.15) is 0 Å². The molecule has 0 radical (unpaired) electrons. The van der Waals surface area contributed by atoms with E-state index in [4.69, 9.17) is 0 Å². The highest BCUT2D eigenvalue weighted by atomic mass is 32.1. The Bertz CT molecular complexity index is 446. The van der Waals surface area contributed by atoms with E-state index in [1.165, 1.54) is 0 Å². The maximum Gasteiger partial charge on any atom is 0.251 e. The molecule has 0 aliphatic heterocycles. The van der Waals surface area contributed by atoms with Crippen LogP contribution in [-0.4, -0.2) is 17.5 Å². The monoisotopic (exact) mass is 272 g/mol. The van der Waals surface area contributed by atoms with Crippen molar-refractivity contribution >= 4 is 11.3 Å². The average molecular weight is 272 g/mol. The van der Waals surface area contributed by atoms with Gasteiger partial charge < -0.3 is 5.32 Å². The Morgan fingerprint density at radius 2 is 2.39 bits per heavy atom. The summed E-state index contributed by atoms with van der Waals surface area (Å²) in [6.45, 7) is 4.72. The number of hydrogen-bond donors (Lipinski definition) is 1. The number of nitrogens with zero attached hydrogens (tertiary/aromatic N) is 1. The lowest BCUT2D eigenvalue weighted by Crippen LogP contribution is -2.26. The molecule has 0 aromatic carbocycles. The third-order valence-electron chi connectivity index (χ3n) is 4.37. The molecule has 2 aliphatic rings. The first kappa shape index (κ1) is 12.5. The van der Waals surface area contributed by atoms with Crippen LogP contribution >= 0.6 is 11.3 Å². The van der Waals surface area contributed by atoms with Crippen LogP contribution in [0.4, 0.5) is 8.78 Å². The highest BCUT2D eigenvalue weighted by Gasteiger charge is 2.66. The Balaban J connectivity index is 1.52. The Labute approximate surface area is 110 Å². The van der Waals surface area contributed by atoms with Gasteiger partial charge in [-0.25, -0.2) is 13.8 Å². The molecule has 0 bridgehead atoms. The molecule has 0 spiro atoms. The number of fused-ring (bicyclic) bond motifs is 1. The van der Waals surface area contributed by atoms with Gasteiger partial charge in [-0.3, -0.25) is 0 Å². The molecule has 5 heteroatoms. The van der Waals surface area contributed by atoms with E-state index in [2.05, 4.69) is 10.3 Å². The second-order valence-electron chi connectivity index (χ2n) is 5.57. The normalized spacial score (nSPS) is 34.3. The third kappa shape index (κ3) is 2.07. The predicted octanol–water partition coefficient (Wildman–Crippen LogP) is 3.39. The van der Waals surface area contributed by atoms with E-state index < -0.39 is 5.92 Å². The van der Waals surface area contributed by atoms with Gasteiger partial charge in [-0.1, -0.05) is 0 Å². The molecule has 2 aliphatic carbocycles. The zero-order valence-corrected chi connectivity index (χ0v) is 11.4. The van der Waals surface area contributed by atoms with Crippen LogP contribution in [0.1, 0.15) is 36.5 Å². The maximum absolute atomic E-state index is 13.4. The molecule has 2 saturated carbocycles. The van der Waals surface area contributed by atoms with Gasteiger partial charge in [0, 0.05) is 23.8 Å². The lowest BCUT2D eigenvalue weighted by molar-refractivity contribution is -0.0211. The molecule has 3 rings (SSSR count). The second-order valence-corrected chi connectivity index (χ2v) is 6.64. The Morgan fingerprint density at radius 1 is 1.61 bits per heavy atom. The fourth-order valence-electron chi connectivity index (χ4n) is 3.27. The summed E-state index contributed by atoms with van der Waals surface area (Å²) in [5.41, 5.74) is 1.02. The standard InChI is InChI=1S/C13H18F2N2S/c1-7(11-6-18-8(2)17-11)16-5-10-9-3-4-13(14,15)12(9)10/h6-7,9-10,12,16H,3-5H2,1-2H3. The summed E-state index contributed by atoms with van der Waals surface area (Å²) in [4.78, 5) is 4.42. The average Bonchev–Trinajstić information content (AvgIpc) is 2.70. The van der Waals surface area contributed by atoms with Crippen LogP contribution < -0.4 is 5.32 Å². The molecule has 1 aromatic heterocycles. The van der Waals surface area contributed by atoms with Crippen molar-refractivity contribution in [2.45, 2.75) is 38.7 Å². The van der Waals surface area contributed by atoms with Crippen LogP contribution in [0.25, 0.3) is 0 Å². The Morgan fingerprint density at radius 3 is 2.94 bits per heavy atom. The minimum absolute atomic E-state index is 0.0969. The minimum Gasteiger partial charge on any atom is -0.309 e. The van der Waals surface area contributed by atoms with E-state index in [0.29, 0.717) is 13.0 Å². The highest BCUT2D eigenvalue weighted by Crippen LogP contribution is 2.64. The van der Waals surface area contributed by atoms with Crippen LogP contribution in [0.3, 0.4) is 0 Å². The molecule has 4 unspecified atom stereocenters. The summed E-state index contributed by atoms with van der Waals surface area (Å²) in [5, 5.41) is 6.44. The first-order valence-electron chi connectivity index (χ1n) is 6.52. The van der Waals surface area contributed by atoms with Crippen LogP contribution in [0.5, 0.6) is 0 Å². The summed E-state index contributed by atoms with van der Waals surface area (Å²) in [7, 11) is 0. The van der Waals surface area contributed by atoms with E-state index in [0.717, 1.165) is 10.7 Å². The maximum atomic E-state index is 13.4. The van der Waals surface area contributed by atoms with Crippen molar-refractivity contribution in [3.63, 3.8) is 0 Å². The molecule has 1 heterocycles. The van der Waals surface area contributed by atoms with Crippen molar-refractivity contribution in [3.8, 4) is 0 Å². The predicted molar refractivity (Wildman–Crippen MR) is 67.9 cm³/mol. The van der Waals surface area contributed by atoms with Crippen molar-refractivity contribution in [2.75, 3.05) is 6.54 Å². The fourth-order valence-corrected chi connectivity index (χ4v) is 3.97. The van der Waals surface area contributed by atoms with Gasteiger partial charge in [-0.05, 0) is 38.6 Å². The minimum atomic E-state index is -2.41. The van der Waals surface area contributed by atoms with Crippen LogP contribution in [-0.2, 0) is 0 Å². The number of hydrogen-bond acceptors (Lipinski definition) is 3. The van der Waals surface area contributed by atoms with Crippen molar-refractivity contribution < 1.29 is 8.78 Å². The van der Waals surface area contributed by atoms with E-state index >= 15 is 0 Å². The van der Waals surface area contributed by atoms with Gasteiger partial charge in [-0.2, -0.15) is 0 Å². The van der Waals surface area contributed by atoms with Gasteiger partial charge in [0.25, 0.3) is 5.92 Å². The third-order valence-corrected chi connectivity index (χ3v) is 5.16. The molecular formula is C13H18F2N2S. The van der Waals surface area contributed by atoms with E-state index in [1.54, 1.807) is 11.3 Å². The number of rotatable bonds is 4. The Kier molecular flexibility index (Phi) is 2.94. The van der Waals surface area contributed by atoms with Crippen molar-refractivity contribution in [1.29, 1.82) is 0 Å². The lowest BCUT2D eigenvalue weighted by atomic mass is 10.1. The number of halogens is 2. The van der Waals surface area contributed by atoms with E-state index in [9.17, 15) is 8.78 Å². The molecule has 1 N–H and O–H groups in total. The van der Waals surface area contributed by atoms with Gasteiger partial charge >= 0.3 is 0 Å². The number of thiazole rings is 1. The number of aromatic nitrogens is 1. The first-order valence-corrected chi connectivity index (χ1v) is 7.40. The molecule has 18 heavy (non-hydrogen) atoms. The second kappa shape index (κ2) is 4.23. The van der Waals surface area contributed by atoms with Crippen molar-refractivity contribution in [3.05, 3.63) is 16.1 Å². The SMILES string of the molecule is Cc1nc(C(C)NCC2C3CCC(F)(F)C32)cs1. The quantitative estimate of drug-likeness (QED) is 0.908. The zero-order chi connectivity index (χ0) is 12.9. The molecule has 4 atom stereocenters. The van der Waals surface area contributed by atoms with Crippen LogP contribution in [0.2, 0.25) is 0 Å². The summed E-state index contributed by atoms with van der Waals surface area (Å²) >= 11 is 1.63.